The summed E-state index contributed by atoms with van der Waals surface area (Å²) in [4.78, 5) is 14.4. The van der Waals surface area contributed by atoms with Crippen LogP contribution in [0.4, 0.5) is 4.39 Å². The van der Waals surface area contributed by atoms with Gasteiger partial charge in [-0.25, -0.2) is 4.39 Å². The predicted octanol–water partition coefficient (Wildman–Crippen LogP) is 5.12. The van der Waals surface area contributed by atoms with Crippen LogP contribution in [0.3, 0.4) is 0 Å². The first-order valence-electron chi connectivity index (χ1n) is 8.52. The number of carbonyl (C=O) groups is 1. The van der Waals surface area contributed by atoms with Gasteiger partial charge in [-0.3, -0.25) is 4.79 Å². The number of rotatable bonds is 4. The maximum Gasteiger partial charge on any atom is 0.222 e. The number of nitrogens with zero attached hydrogens (tertiary/aromatic N) is 1. The summed E-state index contributed by atoms with van der Waals surface area (Å²) in [5, 5.41) is 0.816. The van der Waals surface area contributed by atoms with E-state index < -0.39 is 0 Å². The molecule has 3 rings (SSSR count). The molecule has 0 radical (unpaired) electrons. The Morgan fingerprint density at radius 3 is 2.84 bits per heavy atom. The lowest BCUT2D eigenvalue weighted by Gasteiger charge is -2.20. The summed E-state index contributed by atoms with van der Waals surface area (Å²) in [5.74, 6) is 0.845. The SMILES string of the molecule is O=C(CCc1cccc(Cl)c1)N1CCSC(c2ccccc2F)CC1. The fraction of sp³-hybridized carbons (Fsp3) is 0.350. The van der Waals surface area contributed by atoms with Crippen molar-refractivity contribution in [1.29, 1.82) is 0 Å². The number of halogens is 2. The zero-order chi connectivity index (χ0) is 17.6. The number of carbonyl (C=O) groups excluding carboxylic acids is 1. The van der Waals surface area contributed by atoms with Crippen molar-refractivity contribution in [1.82, 2.24) is 4.90 Å². The van der Waals surface area contributed by atoms with E-state index in [9.17, 15) is 9.18 Å². The molecule has 1 saturated heterocycles. The molecule has 1 aliphatic rings. The van der Waals surface area contributed by atoms with Crippen molar-refractivity contribution in [2.45, 2.75) is 24.5 Å². The first-order valence-corrected chi connectivity index (χ1v) is 9.94. The minimum absolute atomic E-state index is 0.118. The molecule has 0 aromatic heterocycles. The van der Waals surface area contributed by atoms with Gasteiger partial charge in [0, 0.05) is 41.1 Å². The van der Waals surface area contributed by atoms with Crippen LogP contribution in [0, 0.1) is 5.82 Å². The fourth-order valence-electron chi connectivity index (χ4n) is 3.11. The van der Waals surface area contributed by atoms with Gasteiger partial charge in [-0.2, -0.15) is 11.8 Å². The third-order valence-electron chi connectivity index (χ3n) is 4.46. The summed E-state index contributed by atoms with van der Waals surface area (Å²) >= 11 is 7.73. The second-order valence-corrected chi connectivity index (χ2v) is 7.93. The van der Waals surface area contributed by atoms with E-state index in [2.05, 4.69) is 0 Å². The molecule has 1 fully saturated rings. The van der Waals surface area contributed by atoms with E-state index in [1.807, 2.05) is 41.3 Å². The molecule has 2 aromatic carbocycles. The first-order chi connectivity index (χ1) is 12.1. The number of aryl methyl sites for hydroxylation is 1. The van der Waals surface area contributed by atoms with Crippen molar-refractivity contribution >= 4 is 29.3 Å². The molecular formula is C20H21ClFNOS. The second-order valence-electron chi connectivity index (χ2n) is 6.18. The van der Waals surface area contributed by atoms with Crippen LogP contribution < -0.4 is 0 Å². The van der Waals surface area contributed by atoms with E-state index in [0.717, 1.165) is 29.8 Å². The smallest absolute Gasteiger partial charge is 0.222 e. The van der Waals surface area contributed by atoms with Crippen molar-refractivity contribution in [3.05, 3.63) is 70.5 Å². The summed E-state index contributed by atoms with van der Waals surface area (Å²) in [7, 11) is 0. The molecule has 0 saturated carbocycles. The quantitative estimate of drug-likeness (QED) is 0.737. The molecular weight excluding hydrogens is 357 g/mol. The van der Waals surface area contributed by atoms with Crippen LogP contribution in [-0.2, 0) is 11.2 Å². The number of benzene rings is 2. The van der Waals surface area contributed by atoms with Crippen LogP contribution in [-0.4, -0.2) is 29.6 Å². The number of amides is 1. The monoisotopic (exact) mass is 377 g/mol. The zero-order valence-corrected chi connectivity index (χ0v) is 15.5. The van der Waals surface area contributed by atoms with Gasteiger partial charge in [0.1, 0.15) is 5.82 Å². The van der Waals surface area contributed by atoms with Crippen LogP contribution in [0.1, 0.15) is 29.2 Å². The lowest BCUT2D eigenvalue weighted by atomic mass is 10.1. The van der Waals surface area contributed by atoms with E-state index in [1.165, 1.54) is 6.07 Å². The van der Waals surface area contributed by atoms with Crippen LogP contribution in [0.15, 0.2) is 48.5 Å². The Kier molecular flexibility index (Phi) is 6.38. The Morgan fingerprint density at radius 2 is 2.04 bits per heavy atom. The van der Waals surface area contributed by atoms with Gasteiger partial charge in [0.2, 0.25) is 5.91 Å². The molecule has 0 spiro atoms. The Balaban J connectivity index is 1.55. The first kappa shape index (κ1) is 18.3. The summed E-state index contributed by atoms with van der Waals surface area (Å²) in [6, 6.07) is 14.6. The van der Waals surface area contributed by atoms with Crippen molar-refractivity contribution < 1.29 is 9.18 Å². The van der Waals surface area contributed by atoms with Gasteiger partial charge < -0.3 is 4.90 Å². The Hall–Kier alpha value is -1.52. The van der Waals surface area contributed by atoms with Crippen LogP contribution >= 0.6 is 23.4 Å². The molecule has 1 heterocycles. The normalized spacial score (nSPS) is 18.0. The maximum atomic E-state index is 14.0. The summed E-state index contributed by atoms with van der Waals surface area (Å²) in [5.41, 5.74) is 1.83. The topological polar surface area (TPSA) is 20.3 Å². The number of hydrogen-bond acceptors (Lipinski definition) is 2. The minimum Gasteiger partial charge on any atom is -0.342 e. The highest BCUT2D eigenvalue weighted by atomic mass is 35.5. The Bertz CT molecular complexity index is 739. The van der Waals surface area contributed by atoms with Crippen molar-refractivity contribution in [3.8, 4) is 0 Å². The molecule has 5 heteroatoms. The largest absolute Gasteiger partial charge is 0.342 e. The third-order valence-corrected chi connectivity index (χ3v) is 6.01. The summed E-state index contributed by atoms with van der Waals surface area (Å²) in [6.45, 7) is 1.41. The van der Waals surface area contributed by atoms with Gasteiger partial charge in [-0.15, -0.1) is 0 Å². The molecule has 0 bridgehead atoms. The average molecular weight is 378 g/mol. The van der Waals surface area contributed by atoms with E-state index in [4.69, 9.17) is 11.6 Å². The standard InChI is InChI=1S/C20H21ClFNOS/c21-16-5-3-4-15(14-16)8-9-20(24)23-11-10-19(25-13-12-23)17-6-1-2-7-18(17)22/h1-7,14,19H,8-13H2. The van der Waals surface area contributed by atoms with Crippen LogP contribution in [0.25, 0.3) is 0 Å². The molecule has 1 aliphatic heterocycles. The Morgan fingerprint density at radius 1 is 1.20 bits per heavy atom. The van der Waals surface area contributed by atoms with Gasteiger partial charge >= 0.3 is 0 Å². The van der Waals surface area contributed by atoms with E-state index in [-0.39, 0.29) is 17.0 Å². The fourth-order valence-corrected chi connectivity index (χ4v) is 4.57. The van der Waals surface area contributed by atoms with Gasteiger partial charge in [-0.05, 0) is 36.6 Å². The molecule has 2 nitrogen and oxygen atoms in total. The van der Waals surface area contributed by atoms with Crippen molar-refractivity contribution in [2.24, 2.45) is 0 Å². The molecule has 0 N–H and O–H groups in total. The molecule has 25 heavy (non-hydrogen) atoms. The van der Waals surface area contributed by atoms with Gasteiger partial charge in [0.15, 0.2) is 0 Å². The second kappa shape index (κ2) is 8.72. The zero-order valence-electron chi connectivity index (χ0n) is 14.0. The molecule has 1 unspecified atom stereocenters. The number of hydrogen-bond donors (Lipinski definition) is 0. The lowest BCUT2D eigenvalue weighted by molar-refractivity contribution is -0.130. The molecule has 1 amide bonds. The lowest BCUT2D eigenvalue weighted by Crippen LogP contribution is -2.33. The average Bonchev–Trinajstić information content (AvgIpc) is 2.86. The molecule has 132 valence electrons. The van der Waals surface area contributed by atoms with E-state index >= 15 is 0 Å². The summed E-state index contributed by atoms with van der Waals surface area (Å²) in [6.07, 6.45) is 1.96. The highest BCUT2D eigenvalue weighted by Crippen LogP contribution is 2.35. The number of thioether (sulfide) groups is 1. The highest BCUT2D eigenvalue weighted by molar-refractivity contribution is 7.99. The van der Waals surface area contributed by atoms with Crippen LogP contribution in [0.5, 0.6) is 0 Å². The van der Waals surface area contributed by atoms with Crippen molar-refractivity contribution in [3.63, 3.8) is 0 Å². The molecule has 1 atom stereocenters. The molecule has 0 aliphatic carbocycles. The van der Waals surface area contributed by atoms with E-state index in [0.29, 0.717) is 24.4 Å². The van der Waals surface area contributed by atoms with Crippen LogP contribution in [0.2, 0.25) is 5.02 Å². The third kappa shape index (κ3) is 4.99. The Labute approximate surface area is 157 Å². The molecule has 2 aromatic rings. The van der Waals surface area contributed by atoms with Gasteiger partial charge in [0.05, 0.1) is 0 Å². The van der Waals surface area contributed by atoms with E-state index in [1.54, 1.807) is 17.8 Å². The summed E-state index contributed by atoms with van der Waals surface area (Å²) < 4.78 is 14.0. The maximum absolute atomic E-state index is 14.0. The van der Waals surface area contributed by atoms with Crippen molar-refractivity contribution in [2.75, 3.05) is 18.8 Å². The van der Waals surface area contributed by atoms with Gasteiger partial charge in [0.25, 0.3) is 0 Å². The minimum atomic E-state index is -0.152. The predicted molar refractivity (Wildman–Crippen MR) is 103 cm³/mol. The highest BCUT2D eigenvalue weighted by Gasteiger charge is 2.23. The van der Waals surface area contributed by atoms with Gasteiger partial charge in [-0.1, -0.05) is 41.9 Å².